The Balaban J connectivity index is 2.87. The van der Waals surface area contributed by atoms with Gasteiger partial charge in [-0.2, -0.15) is 0 Å². The Labute approximate surface area is 75.8 Å². The summed E-state index contributed by atoms with van der Waals surface area (Å²) < 4.78 is 0.792. The quantitative estimate of drug-likeness (QED) is 0.587. The smallest absolute Gasteiger partial charge is 0.103 e. The molecule has 12 heavy (non-hydrogen) atoms. The second kappa shape index (κ2) is 3.07. The molecule has 1 aromatic rings. The molecule has 2 rings (SSSR count). The minimum atomic E-state index is 0.792. The van der Waals surface area contributed by atoms with Crippen molar-refractivity contribution in [1.82, 2.24) is 4.98 Å². The minimum Gasteiger partial charge on any atom is -0.346 e. The lowest BCUT2D eigenvalue weighted by atomic mass is 10.3. The molecular formula is C10H9NS. The van der Waals surface area contributed by atoms with E-state index in [1.54, 1.807) is 0 Å². The van der Waals surface area contributed by atoms with Gasteiger partial charge in [-0.15, -0.1) is 0 Å². The Morgan fingerprint density at radius 3 is 3.17 bits per heavy atom. The molecule has 0 unspecified atom stereocenters. The number of rotatable bonds is 0. The van der Waals surface area contributed by atoms with E-state index in [-0.39, 0.29) is 0 Å². The summed E-state index contributed by atoms with van der Waals surface area (Å²) in [5, 5.41) is 2.34. The monoisotopic (exact) mass is 175 g/mol. The molecule has 0 bridgehead atoms. The van der Waals surface area contributed by atoms with Gasteiger partial charge in [0, 0.05) is 5.35 Å². The SMILES string of the molecule is S=c1ccc2c([nH]1)=CCC=CC=2. The lowest BCUT2D eigenvalue weighted by Gasteiger charge is -1.88. The van der Waals surface area contributed by atoms with Crippen LogP contribution in [0.3, 0.4) is 0 Å². The zero-order chi connectivity index (χ0) is 8.39. The molecule has 0 amide bonds. The van der Waals surface area contributed by atoms with Crippen LogP contribution in [0.1, 0.15) is 6.42 Å². The summed E-state index contributed by atoms with van der Waals surface area (Å²) >= 11 is 5.03. The average Bonchev–Trinajstić information content (AvgIpc) is 2.28. The predicted molar refractivity (Wildman–Crippen MR) is 53.6 cm³/mol. The maximum absolute atomic E-state index is 5.03. The number of aromatic nitrogens is 1. The van der Waals surface area contributed by atoms with E-state index >= 15 is 0 Å². The molecule has 0 spiro atoms. The van der Waals surface area contributed by atoms with Gasteiger partial charge in [0.15, 0.2) is 0 Å². The highest BCUT2D eigenvalue weighted by molar-refractivity contribution is 7.71. The first-order valence-electron chi connectivity index (χ1n) is 3.93. The van der Waals surface area contributed by atoms with Crippen molar-refractivity contribution in [3.8, 4) is 0 Å². The Bertz CT molecular complexity index is 479. The minimum absolute atomic E-state index is 0.792. The molecule has 1 aliphatic carbocycles. The summed E-state index contributed by atoms with van der Waals surface area (Å²) in [5.74, 6) is 0. The van der Waals surface area contributed by atoms with E-state index < -0.39 is 0 Å². The van der Waals surface area contributed by atoms with Gasteiger partial charge in [-0.25, -0.2) is 0 Å². The van der Waals surface area contributed by atoms with Gasteiger partial charge < -0.3 is 4.98 Å². The van der Waals surface area contributed by atoms with Crippen molar-refractivity contribution in [3.63, 3.8) is 0 Å². The first-order valence-corrected chi connectivity index (χ1v) is 4.33. The molecule has 1 nitrogen and oxygen atoms in total. The summed E-state index contributed by atoms with van der Waals surface area (Å²) in [5.41, 5.74) is 0. The molecule has 1 aromatic heterocycles. The van der Waals surface area contributed by atoms with Crippen molar-refractivity contribution < 1.29 is 0 Å². The summed E-state index contributed by atoms with van der Waals surface area (Å²) in [4.78, 5) is 3.16. The number of hydrogen-bond acceptors (Lipinski definition) is 1. The van der Waals surface area contributed by atoms with Crippen molar-refractivity contribution in [2.75, 3.05) is 0 Å². The number of H-pyrrole nitrogens is 1. The van der Waals surface area contributed by atoms with Crippen LogP contribution >= 0.6 is 12.2 Å². The van der Waals surface area contributed by atoms with Gasteiger partial charge in [0.05, 0.1) is 0 Å². The Hall–Kier alpha value is -1.15. The Kier molecular flexibility index (Phi) is 1.92. The first kappa shape index (κ1) is 7.50. The van der Waals surface area contributed by atoms with Gasteiger partial charge in [0.1, 0.15) is 4.64 Å². The first-order chi connectivity index (χ1) is 5.86. The normalized spacial score (nSPS) is 14.0. The van der Waals surface area contributed by atoms with E-state index in [0.717, 1.165) is 16.4 Å². The molecule has 2 heteroatoms. The van der Waals surface area contributed by atoms with E-state index in [9.17, 15) is 0 Å². The molecule has 0 atom stereocenters. The van der Waals surface area contributed by atoms with Crippen molar-refractivity contribution >= 4 is 24.4 Å². The number of aromatic amines is 1. The lowest BCUT2D eigenvalue weighted by Crippen LogP contribution is -2.27. The Morgan fingerprint density at radius 1 is 1.33 bits per heavy atom. The van der Waals surface area contributed by atoms with E-state index in [0.29, 0.717) is 0 Å². The molecule has 0 aromatic carbocycles. The topological polar surface area (TPSA) is 15.8 Å². The second-order valence-corrected chi connectivity index (χ2v) is 3.17. The molecular weight excluding hydrogens is 166 g/mol. The molecule has 60 valence electrons. The van der Waals surface area contributed by atoms with Gasteiger partial charge in [-0.1, -0.05) is 36.5 Å². The molecule has 0 radical (unpaired) electrons. The van der Waals surface area contributed by atoms with Crippen LogP contribution in [0.15, 0.2) is 24.3 Å². The van der Waals surface area contributed by atoms with Gasteiger partial charge in [0.25, 0.3) is 0 Å². The number of hydrogen-bond donors (Lipinski definition) is 1. The third kappa shape index (κ3) is 1.38. The lowest BCUT2D eigenvalue weighted by molar-refractivity contribution is 1.19. The maximum atomic E-state index is 5.03. The molecule has 0 fully saturated rings. The molecule has 0 saturated carbocycles. The number of nitrogens with one attached hydrogen (secondary N) is 1. The third-order valence-electron chi connectivity index (χ3n) is 1.85. The summed E-state index contributed by atoms with van der Waals surface area (Å²) in [6.45, 7) is 0. The van der Waals surface area contributed by atoms with Gasteiger partial charge in [0.2, 0.25) is 0 Å². The molecule has 0 aliphatic heterocycles. The highest BCUT2D eigenvalue weighted by Gasteiger charge is 1.86. The fourth-order valence-electron chi connectivity index (χ4n) is 1.25. The van der Waals surface area contributed by atoms with Crippen molar-refractivity contribution in [3.05, 3.63) is 39.5 Å². The largest absolute Gasteiger partial charge is 0.346 e. The number of fused-ring (bicyclic) bond motifs is 1. The van der Waals surface area contributed by atoms with Gasteiger partial charge >= 0.3 is 0 Å². The van der Waals surface area contributed by atoms with Crippen LogP contribution in [0, 0.1) is 4.64 Å². The maximum Gasteiger partial charge on any atom is 0.103 e. The molecule has 0 saturated heterocycles. The number of allylic oxidation sites excluding steroid dienone is 2. The molecule has 1 N–H and O–H groups in total. The second-order valence-electron chi connectivity index (χ2n) is 2.73. The fraction of sp³-hybridized carbons (Fsp3) is 0.100. The van der Waals surface area contributed by atoms with Crippen LogP contribution in [0.4, 0.5) is 0 Å². The average molecular weight is 175 g/mol. The standard InChI is InChI=1S/C10H9NS/c12-10-7-6-8-4-2-1-3-5-9(8)11-10/h1-2,4-7H,3H2,(H,11,12). The van der Waals surface area contributed by atoms with Gasteiger partial charge in [-0.3, -0.25) is 0 Å². The fourth-order valence-corrected chi connectivity index (χ4v) is 1.43. The Morgan fingerprint density at radius 2 is 2.25 bits per heavy atom. The van der Waals surface area contributed by atoms with Crippen LogP contribution in [0.5, 0.6) is 0 Å². The van der Waals surface area contributed by atoms with Crippen LogP contribution in [0.2, 0.25) is 0 Å². The highest BCUT2D eigenvalue weighted by Crippen LogP contribution is 1.87. The zero-order valence-corrected chi connectivity index (χ0v) is 7.40. The summed E-state index contributed by atoms with van der Waals surface area (Å²) in [6.07, 6.45) is 9.39. The molecule has 1 heterocycles. The third-order valence-corrected chi connectivity index (χ3v) is 2.09. The van der Waals surface area contributed by atoms with Crippen molar-refractivity contribution in [2.24, 2.45) is 0 Å². The van der Waals surface area contributed by atoms with Crippen molar-refractivity contribution in [1.29, 1.82) is 0 Å². The van der Waals surface area contributed by atoms with Crippen LogP contribution in [-0.2, 0) is 0 Å². The highest BCUT2D eigenvalue weighted by atomic mass is 32.1. The zero-order valence-electron chi connectivity index (χ0n) is 6.58. The summed E-state index contributed by atoms with van der Waals surface area (Å²) in [6, 6.07) is 3.96. The van der Waals surface area contributed by atoms with Crippen LogP contribution < -0.4 is 10.6 Å². The summed E-state index contributed by atoms with van der Waals surface area (Å²) in [7, 11) is 0. The number of pyridine rings is 1. The molecule has 1 aliphatic rings. The van der Waals surface area contributed by atoms with E-state index in [4.69, 9.17) is 12.2 Å². The van der Waals surface area contributed by atoms with Crippen LogP contribution in [-0.4, -0.2) is 4.98 Å². The van der Waals surface area contributed by atoms with Gasteiger partial charge in [-0.05, 0) is 23.8 Å². The van der Waals surface area contributed by atoms with E-state index in [1.807, 2.05) is 12.1 Å². The van der Waals surface area contributed by atoms with Crippen LogP contribution in [0.25, 0.3) is 12.2 Å². The predicted octanol–water partition coefficient (Wildman–Crippen LogP) is 1.27. The van der Waals surface area contributed by atoms with Crippen molar-refractivity contribution in [2.45, 2.75) is 6.42 Å². The van der Waals surface area contributed by atoms with E-state index in [1.165, 1.54) is 5.22 Å². The van der Waals surface area contributed by atoms with E-state index in [2.05, 4.69) is 29.3 Å².